The van der Waals surface area contributed by atoms with Gasteiger partial charge < -0.3 is 0 Å². The van der Waals surface area contributed by atoms with E-state index in [0.29, 0.717) is 5.16 Å². The first-order valence-electron chi connectivity index (χ1n) is 6.36. The third-order valence-electron chi connectivity index (χ3n) is 3.24. The average Bonchev–Trinajstić information content (AvgIpc) is 2.78. The molecule has 0 saturated carbocycles. The molecule has 1 aromatic carbocycles. The predicted octanol–water partition coefficient (Wildman–Crippen LogP) is 2.67. The topological polar surface area (TPSA) is 56.5 Å². The van der Waals surface area contributed by atoms with E-state index in [-0.39, 0.29) is 0 Å². The Morgan fingerprint density at radius 3 is 2.70 bits per heavy atom. The molecule has 0 unspecified atom stereocenters. The second kappa shape index (κ2) is 5.20. The molecule has 2 heterocycles. The van der Waals surface area contributed by atoms with Crippen LogP contribution in [-0.2, 0) is 12.8 Å². The van der Waals surface area contributed by atoms with Gasteiger partial charge in [-0.05, 0) is 19.9 Å². The Hall–Kier alpha value is -1.95. The van der Waals surface area contributed by atoms with E-state index < -0.39 is 0 Å². The number of aromatic nitrogens is 5. The highest BCUT2D eigenvalue weighted by molar-refractivity contribution is 7.98. The van der Waals surface area contributed by atoms with E-state index in [1.165, 1.54) is 5.39 Å². The van der Waals surface area contributed by atoms with Gasteiger partial charge in [-0.3, -0.25) is 4.68 Å². The van der Waals surface area contributed by atoms with E-state index in [2.05, 4.69) is 32.4 Å². The van der Waals surface area contributed by atoms with E-state index in [0.717, 1.165) is 28.4 Å². The Balaban J connectivity index is 1.85. The molecule has 0 radical (unpaired) electrons. The fourth-order valence-corrected chi connectivity index (χ4v) is 2.81. The van der Waals surface area contributed by atoms with Crippen molar-refractivity contribution >= 4 is 22.7 Å². The van der Waals surface area contributed by atoms with Gasteiger partial charge >= 0.3 is 0 Å². The highest BCUT2D eigenvalue weighted by Gasteiger charge is 2.10. The lowest BCUT2D eigenvalue weighted by Gasteiger charge is -2.00. The Kier molecular flexibility index (Phi) is 3.40. The summed E-state index contributed by atoms with van der Waals surface area (Å²) in [6.45, 7) is 3.86. The van der Waals surface area contributed by atoms with Gasteiger partial charge in [0.2, 0.25) is 5.16 Å². The van der Waals surface area contributed by atoms with Gasteiger partial charge in [0.05, 0.1) is 22.6 Å². The number of nitrogens with zero attached hydrogens (tertiary/aromatic N) is 5. The first-order chi connectivity index (χ1) is 9.65. The summed E-state index contributed by atoms with van der Waals surface area (Å²) >= 11 is 1.56. The SMILES string of the molecule is Cc1nnc(SCc2nn(C)c3ccccc23)nc1C. The molecule has 0 aliphatic carbocycles. The molecule has 0 amide bonds. The van der Waals surface area contributed by atoms with Gasteiger partial charge in [0, 0.05) is 18.2 Å². The van der Waals surface area contributed by atoms with Crippen LogP contribution in [0.3, 0.4) is 0 Å². The maximum atomic E-state index is 4.56. The molecule has 0 N–H and O–H groups in total. The molecule has 102 valence electrons. The predicted molar refractivity (Wildman–Crippen MR) is 79.6 cm³/mol. The van der Waals surface area contributed by atoms with Crippen LogP contribution >= 0.6 is 11.8 Å². The summed E-state index contributed by atoms with van der Waals surface area (Å²) in [5, 5.41) is 14.6. The minimum Gasteiger partial charge on any atom is -0.268 e. The second-order valence-corrected chi connectivity index (χ2v) is 5.58. The van der Waals surface area contributed by atoms with Crippen LogP contribution < -0.4 is 0 Å². The summed E-state index contributed by atoms with van der Waals surface area (Å²) in [5.74, 6) is 0.742. The van der Waals surface area contributed by atoms with Crippen LogP contribution in [0.4, 0.5) is 0 Å². The molecule has 0 bridgehead atoms. The van der Waals surface area contributed by atoms with Crippen molar-refractivity contribution in [1.29, 1.82) is 0 Å². The minimum absolute atomic E-state index is 0.697. The summed E-state index contributed by atoms with van der Waals surface area (Å²) in [5.41, 5.74) is 3.99. The lowest BCUT2D eigenvalue weighted by Crippen LogP contribution is -1.98. The van der Waals surface area contributed by atoms with Crippen molar-refractivity contribution in [2.45, 2.75) is 24.8 Å². The zero-order valence-electron chi connectivity index (χ0n) is 11.7. The largest absolute Gasteiger partial charge is 0.268 e. The summed E-state index contributed by atoms with van der Waals surface area (Å²) in [6.07, 6.45) is 0. The van der Waals surface area contributed by atoms with E-state index in [1.54, 1.807) is 11.8 Å². The summed E-state index contributed by atoms with van der Waals surface area (Å²) in [6, 6.07) is 8.23. The molecule has 0 spiro atoms. The first-order valence-corrected chi connectivity index (χ1v) is 7.35. The van der Waals surface area contributed by atoms with Crippen molar-refractivity contribution in [3.05, 3.63) is 41.3 Å². The van der Waals surface area contributed by atoms with Gasteiger partial charge in [-0.2, -0.15) is 10.2 Å². The molecule has 0 atom stereocenters. The Morgan fingerprint density at radius 2 is 1.90 bits per heavy atom. The van der Waals surface area contributed by atoms with Crippen molar-refractivity contribution in [3.8, 4) is 0 Å². The van der Waals surface area contributed by atoms with Crippen molar-refractivity contribution < 1.29 is 0 Å². The fraction of sp³-hybridized carbons (Fsp3) is 0.286. The van der Waals surface area contributed by atoms with Crippen molar-refractivity contribution in [3.63, 3.8) is 0 Å². The van der Waals surface area contributed by atoms with E-state index in [1.807, 2.05) is 37.7 Å². The quantitative estimate of drug-likeness (QED) is 0.692. The van der Waals surface area contributed by atoms with Gasteiger partial charge in [-0.15, -0.1) is 5.10 Å². The summed E-state index contributed by atoms with van der Waals surface area (Å²) < 4.78 is 1.91. The van der Waals surface area contributed by atoms with Crippen LogP contribution in [0.5, 0.6) is 0 Å². The van der Waals surface area contributed by atoms with E-state index in [4.69, 9.17) is 0 Å². The number of thioether (sulfide) groups is 1. The molecule has 0 aliphatic rings. The van der Waals surface area contributed by atoms with Gasteiger partial charge in [-0.1, -0.05) is 30.0 Å². The lowest BCUT2D eigenvalue weighted by molar-refractivity contribution is 0.776. The molecule has 3 aromatic rings. The molecule has 3 rings (SSSR count). The molecule has 20 heavy (non-hydrogen) atoms. The third kappa shape index (κ3) is 2.38. The van der Waals surface area contributed by atoms with Crippen LogP contribution in [0.25, 0.3) is 10.9 Å². The zero-order chi connectivity index (χ0) is 14.1. The highest BCUT2D eigenvalue weighted by atomic mass is 32.2. The molecule has 5 nitrogen and oxygen atoms in total. The molecular formula is C14H15N5S. The molecule has 6 heteroatoms. The fourth-order valence-electron chi connectivity index (χ4n) is 2.03. The second-order valence-electron chi connectivity index (χ2n) is 4.64. The summed E-state index contributed by atoms with van der Waals surface area (Å²) in [7, 11) is 1.96. The van der Waals surface area contributed by atoms with Crippen LogP contribution in [0.1, 0.15) is 17.1 Å². The number of hydrogen-bond acceptors (Lipinski definition) is 5. The van der Waals surface area contributed by atoms with Crippen LogP contribution in [-0.4, -0.2) is 25.0 Å². The van der Waals surface area contributed by atoms with Crippen molar-refractivity contribution in [1.82, 2.24) is 25.0 Å². The summed E-state index contributed by atoms with van der Waals surface area (Å²) in [4.78, 5) is 4.43. The number of benzene rings is 1. The number of rotatable bonds is 3. The number of aryl methyl sites for hydroxylation is 3. The van der Waals surface area contributed by atoms with Gasteiger partial charge in [0.25, 0.3) is 0 Å². The molecular weight excluding hydrogens is 270 g/mol. The Morgan fingerprint density at radius 1 is 1.10 bits per heavy atom. The molecule has 2 aromatic heterocycles. The Labute approximate surface area is 121 Å². The van der Waals surface area contributed by atoms with E-state index >= 15 is 0 Å². The third-order valence-corrected chi connectivity index (χ3v) is 4.09. The van der Waals surface area contributed by atoms with Crippen LogP contribution in [0, 0.1) is 13.8 Å². The van der Waals surface area contributed by atoms with E-state index in [9.17, 15) is 0 Å². The maximum absolute atomic E-state index is 4.56. The minimum atomic E-state index is 0.697. The molecule has 0 aliphatic heterocycles. The first kappa shape index (κ1) is 13.1. The molecule has 0 saturated heterocycles. The lowest BCUT2D eigenvalue weighted by atomic mass is 10.2. The number of para-hydroxylation sites is 1. The van der Waals surface area contributed by atoms with Gasteiger partial charge in [0.15, 0.2) is 0 Å². The number of hydrogen-bond donors (Lipinski definition) is 0. The van der Waals surface area contributed by atoms with Gasteiger partial charge in [0.1, 0.15) is 0 Å². The maximum Gasteiger partial charge on any atom is 0.209 e. The monoisotopic (exact) mass is 285 g/mol. The van der Waals surface area contributed by atoms with Crippen molar-refractivity contribution in [2.75, 3.05) is 0 Å². The Bertz CT molecular complexity index is 765. The average molecular weight is 285 g/mol. The standard InChI is InChI=1S/C14H15N5S/c1-9-10(2)16-17-14(15-9)20-8-12-11-6-4-5-7-13(11)19(3)18-12/h4-7H,8H2,1-3H3. The smallest absolute Gasteiger partial charge is 0.209 e. The number of fused-ring (bicyclic) bond motifs is 1. The molecule has 0 fully saturated rings. The van der Waals surface area contributed by atoms with Crippen molar-refractivity contribution in [2.24, 2.45) is 7.05 Å². The normalized spacial score (nSPS) is 11.2. The van der Waals surface area contributed by atoms with Crippen LogP contribution in [0.2, 0.25) is 0 Å². The zero-order valence-corrected chi connectivity index (χ0v) is 12.5. The van der Waals surface area contributed by atoms with Gasteiger partial charge in [-0.25, -0.2) is 4.98 Å². The van der Waals surface area contributed by atoms with Crippen LogP contribution in [0.15, 0.2) is 29.4 Å². The highest BCUT2D eigenvalue weighted by Crippen LogP contribution is 2.24.